The predicted octanol–water partition coefficient (Wildman–Crippen LogP) is 5.19. The van der Waals surface area contributed by atoms with Crippen molar-refractivity contribution >= 4 is 21.7 Å². The largest absolute Gasteiger partial charge is 0.573 e. The minimum Gasteiger partial charge on any atom is -0.406 e. The van der Waals surface area contributed by atoms with Crippen molar-refractivity contribution in [3.05, 3.63) is 58.7 Å². The third kappa shape index (κ3) is 4.36. The van der Waals surface area contributed by atoms with Gasteiger partial charge in [0.05, 0.1) is 17.6 Å². The molecule has 0 unspecified atom stereocenters. The number of hydrogen-bond donors (Lipinski definition) is 0. The zero-order valence-corrected chi connectivity index (χ0v) is 15.6. The Bertz CT molecular complexity index is 969. The molecule has 3 aromatic rings. The minimum atomic E-state index is -4.75. The lowest BCUT2D eigenvalue weighted by Gasteiger charge is -2.12. The number of halogens is 4. The molecule has 0 aliphatic carbocycles. The summed E-state index contributed by atoms with van der Waals surface area (Å²) in [7, 11) is 0. The Kier molecular flexibility index (Phi) is 5.31. The molecular formula is C18H13BrF3N3O2. The van der Waals surface area contributed by atoms with Crippen molar-refractivity contribution in [3.8, 4) is 22.7 Å². The van der Waals surface area contributed by atoms with Gasteiger partial charge in [0.25, 0.3) is 0 Å². The second kappa shape index (κ2) is 7.51. The number of alkyl halides is 3. The summed E-state index contributed by atoms with van der Waals surface area (Å²) in [6.07, 6.45) is -2.96. The van der Waals surface area contributed by atoms with Crippen LogP contribution in [0.5, 0.6) is 5.75 Å². The van der Waals surface area contributed by atoms with Gasteiger partial charge in [0.15, 0.2) is 5.78 Å². The number of benzene rings is 2. The zero-order valence-electron chi connectivity index (χ0n) is 14.0. The molecule has 140 valence electrons. The van der Waals surface area contributed by atoms with Gasteiger partial charge in [0.2, 0.25) is 0 Å². The first kappa shape index (κ1) is 19.1. The van der Waals surface area contributed by atoms with E-state index in [-0.39, 0.29) is 11.5 Å². The summed E-state index contributed by atoms with van der Waals surface area (Å²) in [5.74, 6) is -0.387. The quantitative estimate of drug-likeness (QED) is 0.513. The monoisotopic (exact) mass is 439 g/mol. The van der Waals surface area contributed by atoms with Crippen LogP contribution >= 0.6 is 15.9 Å². The van der Waals surface area contributed by atoms with Gasteiger partial charge in [0.1, 0.15) is 5.75 Å². The molecule has 0 aliphatic heterocycles. The molecule has 9 heteroatoms. The van der Waals surface area contributed by atoms with Gasteiger partial charge in [-0.15, -0.1) is 18.3 Å². The van der Waals surface area contributed by atoms with Crippen molar-refractivity contribution < 1.29 is 22.7 Å². The van der Waals surface area contributed by atoms with E-state index in [0.717, 1.165) is 4.47 Å². The van der Waals surface area contributed by atoms with E-state index in [1.807, 2.05) is 0 Å². The van der Waals surface area contributed by atoms with Crippen LogP contribution in [0.4, 0.5) is 13.2 Å². The zero-order chi connectivity index (χ0) is 19.6. The van der Waals surface area contributed by atoms with Crippen molar-refractivity contribution in [2.75, 3.05) is 0 Å². The Balaban J connectivity index is 2.03. The number of carbonyl (C=O) groups is 1. The van der Waals surface area contributed by atoms with Crippen LogP contribution in [0.2, 0.25) is 0 Å². The van der Waals surface area contributed by atoms with Crippen LogP contribution in [0.1, 0.15) is 23.7 Å². The fourth-order valence-corrected chi connectivity index (χ4v) is 2.89. The minimum absolute atomic E-state index is 0.0622. The highest BCUT2D eigenvalue weighted by atomic mass is 79.9. The summed E-state index contributed by atoms with van der Waals surface area (Å²) in [6, 6.07) is 10.5. The number of ketones is 1. The van der Waals surface area contributed by atoms with E-state index in [2.05, 4.69) is 31.0 Å². The van der Waals surface area contributed by atoms with E-state index in [1.54, 1.807) is 25.1 Å². The smallest absolute Gasteiger partial charge is 0.406 e. The highest BCUT2D eigenvalue weighted by Gasteiger charge is 2.31. The molecular weight excluding hydrogens is 427 g/mol. The van der Waals surface area contributed by atoms with Crippen LogP contribution < -0.4 is 4.74 Å². The second-order valence-electron chi connectivity index (χ2n) is 5.54. The maximum atomic E-state index is 12.3. The van der Waals surface area contributed by atoms with Gasteiger partial charge in [-0.2, -0.15) is 0 Å². The summed E-state index contributed by atoms with van der Waals surface area (Å²) in [4.78, 5) is 12.3. The molecule has 27 heavy (non-hydrogen) atoms. The first-order valence-corrected chi connectivity index (χ1v) is 8.68. The van der Waals surface area contributed by atoms with Crippen molar-refractivity contribution in [2.45, 2.75) is 19.7 Å². The fourth-order valence-electron chi connectivity index (χ4n) is 2.54. The molecule has 1 aromatic heterocycles. The molecule has 1 heterocycles. The van der Waals surface area contributed by atoms with Crippen molar-refractivity contribution in [1.29, 1.82) is 0 Å². The molecule has 0 bridgehead atoms. The average Bonchev–Trinajstić information content (AvgIpc) is 3.10. The number of aromatic nitrogens is 3. The van der Waals surface area contributed by atoms with E-state index in [4.69, 9.17) is 0 Å². The van der Waals surface area contributed by atoms with Gasteiger partial charge in [-0.1, -0.05) is 28.1 Å². The Morgan fingerprint density at radius 3 is 2.52 bits per heavy atom. The van der Waals surface area contributed by atoms with Crippen LogP contribution in [0.25, 0.3) is 16.9 Å². The fraction of sp³-hybridized carbons (Fsp3) is 0.167. The van der Waals surface area contributed by atoms with Crippen molar-refractivity contribution in [1.82, 2.24) is 15.0 Å². The second-order valence-corrected chi connectivity index (χ2v) is 6.46. The van der Waals surface area contributed by atoms with Gasteiger partial charge in [-0.05, 0) is 42.5 Å². The summed E-state index contributed by atoms with van der Waals surface area (Å²) < 4.78 is 43.0. The first-order chi connectivity index (χ1) is 12.8. The number of nitrogens with zero attached hydrogens (tertiary/aromatic N) is 3. The Morgan fingerprint density at radius 2 is 1.89 bits per heavy atom. The number of rotatable bonds is 5. The number of ether oxygens (including phenoxy) is 1. The first-order valence-electron chi connectivity index (χ1n) is 7.88. The molecule has 0 aliphatic rings. The van der Waals surface area contributed by atoms with Gasteiger partial charge in [0, 0.05) is 22.0 Å². The third-order valence-electron chi connectivity index (χ3n) is 3.74. The van der Waals surface area contributed by atoms with Gasteiger partial charge < -0.3 is 4.74 Å². The van der Waals surface area contributed by atoms with Crippen LogP contribution in [-0.2, 0) is 0 Å². The maximum Gasteiger partial charge on any atom is 0.573 e. The molecule has 0 fully saturated rings. The standard InChI is InChI=1S/C18H13BrF3N3O2/c1-2-17(26)14-8-5-12(19)9-15(14)25-16(10-23-24-25)11-3-6-13(7-4-11)27-18(20,21)22/h3-10H,2H2,1H3. The Labute approximate surface area is 160 Å². The van der Waals surface area contributed by atoms with Crippen molar-refractivity contribution in [2.24, 2.45) is 0 Å². The van der Waals surface area contributed by atoms with Gasteiger partial charge >= 0.3 is 6.36 Å². The summed E-state index contributed by atoms with van der Waals surface area (Å²) >= 11 is 3.38. The Hall–Kier alpha value is -2.68. The van der Waals surface area contributed by atoms with E-state index in [0.29, 0.717) is 28.9 Å². The number of Topliss-reactive ketones (excluding diaryl/α,β-unsaturated/α-hetero) is 1. The van der Waals surface area contributed by atoms with Crippen LogP contribution in [0, 0.1) is 0 Å². The lowest BCUT2D eigenvalue weighted by molar-refractivity contribution is -0.274. The van der Waals surface area contributed by atoms with Crippen LogP contribution in [0.3, 0.4) is 0 Å². The topological polar surface area (TPSA) is 57.0 Å². The molecule has 3 rings (SSSR count). The normalized spacial score (nSPS) is 11.4. The van der Waals surface area contributed by atoms with E-state index < -0.39 is 6.36 Å². The molecule has 0 saturated heterocycles. The van der Waals surface area contributed by atoms with E-state index in [9.17, 15) is 18.0 Å². The summed E-state index contributed by atoms with van der Waals surface area (Å²) in [5, 5.41) is 7.93. The SMILES string of the molecule is CCC(=O)c1ccc(Br)cc1-n1nncc1-c1ccc(OC(F)(F)F)cc1. The van der Waals surface area contributed by atoms with E-state index >= 15 is 0 Å². The van der Waals surface area contributed by atoms with Crippen LogP contribution in [0.15, 0.2) is 53.1 Å². The van der Waals surface area contributed by atoms with Crippen molar-refractivity contribution in [3.63, 3.8) is 0 Å². The highest BCUT2D eigenvalue weighted by molar-refractivity contribution is 9.10. The molecule has 0 spiro atoms. The molecule has 0 saturated carbocycles. The molecule has 0 amide bonds. The number of hydrogen-bond acceptors (Lipinski definition) is 4. The number of carbonyl (C=O) groups excluding carboxylic acids is 1. The molecule has 0 radical (unpaired) electrons. The van der Waals surface area contributed by atoms with E-state index in [1.165, 1.54) is 35.1 Å². The summed E-state index contributed by atoms with van der Waals surface area (Å²) in [6.45, 7) is 1.76. The molecule has 0 atom stereocenters. The van der Waals surface area contributed by atoms with Gasteiger partial charge in [-0.25, -0.2) is 4.68 Å². The third-order valence-corrected chi connectivity index (χ3v) is 4.24. The predicted molar refractivity (Wildman–Crippen MR) is 95.8 cm³/mol. The average molecular weight is 440 g/mol. The molecule has 2 aromatic carbocycles. The highest BCUT2D eigenvalue weighted by Crippen LogP contribution is 2.29. The molecule has 0 N–H and O–H groups in total. The van der Waals surface area contributed by atoms with Crippen LogP contribution in [-0.4, -0.2) is 27.1 Å². The summed E-state index contributed by atoms with van der Waals surface area (Å²) in [5.41, 5.74) is 2.10. The lowest BCUT2D eigenvalue weighted by atomic mass is 10.1. The maximum absolute atomic E-state index is 12.3. The Morgan fingerprint density at radius 1 is 1.19 bits per heavy atom. The van der Waals surface area contributed by atoms with Gasteiger partial charge in [-0.3, -0.25) is 4.79 Å². The lowest BCUT2D eigenvalue weighted by Crippen LogP contribution is -2.16. The molecule has 5 nitrogen and oxygen atoms in total.